The van der Waals surface area contributed by atoms with Gasteiger partial charge in [0.2, 0.25) is 5.88 Å². The van der Waals surface area contributed by atoms with Crippen LogP contribution in [0.15, 0.2) is 12.4 Å². The van der Waals surface area contributed by atoms with Gasteiger partial charge in [-0.05, 0) is 19.4 Å². The molecule has 1 aliphatic rings. The standard InChI is InChI=1S/C12H20N4O/c1-3-6-16(10-4-5-13-7-10)11-8-14-9-12(15-11)17-2/h8-10,13H,3-7H2,1-2H3. The Morgan fingerprint density at radius 2 is 2.41 bits per heavy atom. The third kappa shape index (κ3) is 2.85. The van der Waals surface area contributed by atoms with E-state index in [4.69, 9.17) is 4.74 Å². The lowest BCUT2D eigenvalue weighted by Gasteiger charge is -2.29. The molecule has 1 unspecified atom stereocenters. The Labute approximate surface area is 102 Å². The molecule has 2 heterocycles. The quantitative estimate of drug-likeness (QED) is 0.828. The Morgan fingerprint density at radius 3 is 3.06 bits per heavy atom. The minimum absolute atomic E-state index is 0.524. The maximum atomic E-state index is 5.13. The molecule has 1 saturated heterocycles. The van der Waals surface area contributed by atoms with Crippen LogP contribution in [-0.2, 0) is 0 Å². The van der Waals surface area contributed by atoms with Crippen molar-refractivity contribution in [1.82, 2.24) is 15.3 Å². The molecule has 1 aliphatic heterocycles. The SMILES string of the molecule is CCCN(c1cncc(OC)n1)C1CCNC1. The normalized spacial score (nSPS) is 19.3. The van der Waals surface area contributed by atoms with E-state index in [-0.39, 0.29) is 0 Å². The van der Waals surface area contributed by atoms with E-state index in [1.54, 1.807) is 13.3 Å². The molecule has 1 aromatic rings. The number of anilines is 1. The van der Waals surface area contributed by atoms with Crippen molar-refractivity contribution in [2.45, 2.75) is 25.8 Å². The van der Waals surface area contributed by atoms with Crippen LogP contribution in [0, 0.1) is 0 Å². The van der Waals surface area contributed by atoms with E-state index >= 15 is 0 Å². The van der Waals surface area contributed by atoms with Gasteiger partial charge in [-0.1, -0.05) is 6.92 Å². The van der Waals surface area contributed by atoms with Crippen molar-refractivity contribution in [2.75, 3.05) is 31.6 Å². The summed E-state index contributed by atoms with van der Waals surface area (Å²) in [6.07, 6.45) is 5.73. The molecule has 94 valence electrons. The first kappa shape index (κ1) is 12.1. The molecular weight excluding hydrogens is 216 g/mol. The summed E-state index contributed by atoms with van der Waals surface area (Å²) in [7, 11) is 1.62. The summed E-state index contributed by atoms with van der Waals surface area (Å²) in [4.78, 5) is 11.0. The lowest BCUT2D eigenvalue weighted by atomic mass is 10.2. The van der Waals surface area contributed by atoms with E-state index in [1.165, 1.54) is 6.42 Å². The van der Waals surface area contributed by atoms with Crippen LogP contribution >= 0.6 is 0 Å². The van der Waals surface area contributed by atoms with Gasteiger partial charge in [-0.25, -0.2) is 0 Å². The molecule has 0 amide bonds. The van der Waals surface area contributed by atoms with Crippen LogP contribution in [-0.4, -0.2) is 42.8 Å². The molecule has 0 spiro atoms. The molecule has 1 N–H and O–H groups in total. The van der Waals surface area contributed by atoms with Gasteiger partial charge in [0, 0.05) is 19.1 Å². The Kier molecular flexibility index (Phi) is 4.14. The Bertz CT molecular complexity index is 352. The van der Waals surface area contributed by atoms with Crippen molar-refractivity contribution in [3.05, 3.63) is 12.4 Å². The lowest BCUT2D eigenvalue weighted by molar-refractivity contribution is 0.395. The molecular formula is C12H20N4O. The first-order valence-electron chi connectivity index (χ1n) is 6.18. The summed E-state index contributed by atoms with van der Waals surface area (Å²) < 4.78 is 5.13. The molecule has 1 aromatic heterocycles. The summed E-state index contributed by atoms with van der Waals surface area (Å²) in [5.41, 5.74) is 0. The number of ether oxygens (including phenoxy) is 1. The number of methoxy groups -OCH3 is 1. The summed E-state index contributed by atoms with van der Waals surface area (Å²) in [6.45, 7) is 5.30. The van der Waals surface area contributed by atoms with E-state index in [0.717, 1.165) is 31.9 Å². The molecule has 0 bridgehead atoms. The Morgan fingerprint density at radius 1 is 1.53 bits per heavy atom. The van der Waals surface area contributed by atoms with Crippen LogP contribution in [0.2, 0.25) is 0 Å². The predicted molar refractivity (Wildman–Crippen MR) is 67.5 cm³/mol. The zero-order chi connectivity index (χ0) is 12.1. The molecule has 0 aliphatic carbocycles. The summed E-state index contributed by atoms with van der Waals surface area (Å²) >= 11 is 0. The zero-order valence-corrected chi connectivity index (χ0v) is 10.5. The molecule has 0 aromatic carbocycles. The highest BCUT2D eigenvalue weighted by atomic mass is 16.5. The third-order valence-electron chi connectivity index (χ3n) is 3.04. The fourth-order valence-corrected chi connectivity index (χ4v) is 2.21. The van der Waals surface area contributed by atoms with Gasteiger partial charge in [-0.2, -0.15) is 4.98 Å². The number of nitrogens with one attached hydrogen (secondary N) is 1. The predicted octanol–water partition coefficient (Wildman–Crippen LogP) is 1.06. The molecule has 1 atom stereocenters. The molecule has 0 saturated carbocycles. The van der Waals surface area contributed by atoms with Gasteiger partial charge in [0.1, 0.15) is 0 Å². The first-order chi connectivity index (χ1) is 8.35. The van der Waals surface area contributed by atoms with Crippen LogP contribution < -0.4 is 15.0 Å². The van der Waals surface area contributed by atoms with Crippen LogP contribution in [0.3, 0.4) is 0 Å². The average molecular weight is 236 g/mol. The third-order valence-corrected chi connectivity index (χ3v) is 3.04. The highest BCUT2D eigenvalue weighted by Crippen LogP contribution is 2.19. The molecule has 2 rings (SSSR count). The van der Waals surface area contributed by atoms with E-state index in [1.807, 2.05) is 6.20 Å². The van der Waals surface area contributed by atoms with Crippen molar-refractivity contribution < 1.29 is 4.74 Å². The van der Waals surface area contributed by atoms with E-state index in [0.29, 0.717) is 11.9 Å². The Hall–Kier alpha value is -1.36. The minimum Gasteiger partial charge on any atom is -0.480 e. The molecule has 17 heavy (non-hydrogen) atoms. The van der Waals surface area contributed by atoms with E-state index in [9.17, 15) is 0 Å². The van der Waals surface area contributed by atoms with Crippen LogP contribution in [0.25, 0.3) is 0 Å². The number of nitrogens with zero attached hydrogens (tertiary/aromatic N) is 3. The van der Waals surface area contributed by atoms with Crippen molar-refractivity contribution in [3.63, 3.8) is 0 Å². The monoisotopic (exact) mass is 236 g/mol. The lowest BCUT2D eigenvalue weighted by Crippen LogP contribution is -2.38. The van der Waals surface area contributed by atoms with Gasteiger partial charge in [0.05, 0.1) is 19.5 Å². The fraction of sp³-hybridized carbons (Fsp3) is 0.667. The second-order valence-corrected chi connectivity index (χ2v) is 4.26. The van der Waals surface area contributed by atoms with Crippen LogP contribution in [0.1, 0.15) is 19.8 Å². The smallest absolute Gasteiger partial charge is 0.233 e. The van der Waals surface area contributed by atoms with Crippen molar-refractivity contribution in [1.29, 1.82) is 0 Å². The second-order valence-electron chi connectivity index (χ2n) is 4.26. The maximum absolute atomic E-state index is 5.13. The maximum Gasteiger partial charge on any atom is 0.233 e. The topological polar surface area (TPSA) is 50.3 Å². The summed E-state index contributed by atoms with van der Waals surface area (Å²) in [5.74, 6) is 1.49. The molecule has 5 heteroatoms. The second kappa shape index (κ2) is 5.82. The number of rotatable bonds is 5. The fourth-order valence-electron chi connectivity index (χ4n) is 2.21. The van der Waals surface area contributed by atoms with Gasteiger partial charge in [0.25, 0.3) is 0 Å². The van der Waals surface area contributed by atoms with E-state index in [2.05, 4.69) is 27.1 Å². The van der Waals surface area contributed by atoms with E-state index < -0.39 is 0 Å². The molecule has 1 fully saturated rings. The van der Waals surface area contributed by atoms with Crippen LogP contribution in [0.5, 0.6) is 5.88 Å². The highest BCUT2D eigenvalue weighted by molar-refractivity contribution is 5.39. The number of hydrogen-bond donors (Lipinski definition) is 1. The molecule has 0 radical (unpaired) electrons. The largest absolute Gasteiger partial charge is 0.480 e. The van der Waals surface area contributed by atoms with Crippen molar-refractivity contribution in [2.24, 2.45) is 0 Å². The summed E-state index contributed by atoms with van der Waals surface area (Å²) in [6, 6.07) is 0.524. The zero-order valence-electron chi connectivity index (χ0n) is 10.5. The van der Waals surface area contributed by atoms with Gasteiger partial charge in [-0.3, -0.25) is 4.98 Å². The van der Waals surface area contributed by atoms with Gasteiger partial charge in [-0.15, -0.1) is 0 Å². The number of hydrogen-bond acceptors (Lipinski definition) is 5. The Balaban J connectivity index is 2.18. The molecule has 5 nitrogen and oxygen atoms in total. The highest BCUT2D eigenvalue weighted by Gasteiger charge is 2.23. The van der Waals surface area contributed by atoms with Gasteiger partial charge >= 0.3 is 0 Å². The van der Waals surface area contributed by atoms with Crippen molar-refractivity contribution >= 4 is 5.82 Å². The van der Waals surface area contributed by atoms with Gasteiger partial charge in [0.15, 0.2) is 5.82 Å². The minimum atomic E-state index is 0.524. The average Bonchev–Trinajstić information content (AvgIpc) is 2.89. The van der Waals surface area contributed by atoms with Gasteiger partial charge < -0.3 is 15.0 Å². The van der Waals surface area contributed by atoms with Crippen molar-refractivity contribution in [3.8, 4) is 5.88 Å². The van der Waals surface area contributed by atoms with Crippen LogP contribution in [0.4, 0.5) is 5.82 Å². The first-order valence-corrected chi connectivity index (χ1v) is 6.18. The summed E-state index contributed by atoms with van der Waals surface area (Å²) in [5, 5.41) is 3.39. The number of aromatic nitrogens is 2.